The second-order valence-corrected chi connectivity index (χ2v) is 4.52. The summed E-state index contributed by atoms with van der Waals surface area (Å²) < 4.78 is 40.4. The standard InChI is InChI=1S/C14H8F3N3O2/c15-14(16,17)10-6-18-7-19-12(10)20-4-3-8-1-2-9(13(21)22)5-11(8)20/h1-7H,(H,21,22). The van der Waals surface area contributed by atoms with Gasteiger partial charge >= 0.3 is 12.1 Å². The van der Waals surface area contributed by atoms with Crippen LogP contribution in [0, 0.1) is 0 Å². The number of rotatable bonds is 2. The molecular formula is C14H8F3N3O2. The van der Waals surface area contributed by atoms with Crippen molar-refractivity contribution in [2.24, 2.45) is 0 Å². The first-order valence-electron chi connectivity index (χ1n) is 6.10. The van der Waals surface area contributed by atoms with Crippen molar-refractivity contribution < 1.29 is 23.1 Å². The third-order valence-electron chi connectivity index (χ3n) is 3.16. The van der Waals surface area contributed by atoms with Crippen molar-refractivity contribution in [2.45, 2.75) is 6.18 Å². The number of alkyl halides is 3. The van der Waals surface area contributed by atoms with E-state index in [4.69, 9.17) is 5.11 Å². The van der Waals surface area contributed by atoms with Crippen LogP contribution in [0.5, 0.6) is 0 Å². The topological polar surface area (TPSA) is 68.0 Å². The molecule has 0 aliphatic heterocycles. The predicted octanol–water partition coefficient (Wildman–Crippen LogP) is 3.14. The van der Waals surface area contributed by atoms with E-state index >= 15 is 0 Å². The number of aromatic carboxylic acids is 1. The number of hydrogen-bond acceptors (Lipinski definition) is 3. The molecule has 0 unspecified atom stereocenters. The summed E-state index contributed by atoms with van der Waals surface area (Å²) in [6.07, 6.45) is -1.50. The Morgan fingerprint density at radius 2 is 2.00 bits per heavy atom. The summed E-state index contributed by atoms with van der Waals surface area (Å²) >= 11 is 0. The SMILES string of the molecule is O=C(O)c1ccc2ccn(-c3ncncc3C(F)(F)F)c2c1. The maximum Gasteiger partial charge on any atom is 0.421 e. The maximum atomic E-state index is 13.1. The normalized spacial score (nSPS) is 11.8. The average Bonchev–Trinajstić information content (AvgIpc) is 2.89. The summed E-state index contributed by atoms with van der Waals surface area (Å²) in [6, 6.07) is 5.81. The van der Waals surface area contributed by atoms with E-state index in [9.17, 15) is 18.0 Å². The number of nitrogens with zero attached hydrogens (tertiary/aromatic N) is 3. The largest absolute Gasteiger partial charge is 0.478 e. The molecule has 2 heterocycles. The lowest BCUT2D eigenvalue weighted by molar-refractivity contribution is -0.137. The Kier molecular flexibility index (Phi) is 3.09. The molecule has 8 heteroatoms. The van der Waals surface area contributed by atoms with Crippen LogP contribution in [0.15, 0.2) is 43.0 Å². The van der Waals surface area contributed by atoms with Crippen LogP contribution in [0.3, 0.4) is 0 Å². The van der Waals surface area contributed by atoms with Crippen LogP contribution in [0.25, 0.3) is 16.7 Å². The quantitative estimate of drug-likeness (QED) is 0.789. The van der Waals surface area contributed by atoms with Crippen molar-refractivity contribution >= 4 is 16.9 Å². The molecule has 3 aromatic rings. The summed E-state index contributed by atoms with van der Waals surface area (Å²) in [6.45, 7) is 0. The Balaban J connectivity index is 2.27. The van der Waals surface area contributed by atoms with Gasteiger partial charge in [0.05, 0.1) is 11.1 Å². The molecular weight excluding hydrogens is 299 g/mol. The summed E-state index contributed by atoms with van der Waals surface area (Å²) in [5.74, 6) is -1.51. The minimum Gasteiger partial charge on any atom is -0.478 e. The first-order valence-corrected chi connectivity index (χ1v) is 6.10. The molecule has 5 nitrogen and oxygen atoms in total. The van der Waals surface area contributed by atoms with Gasteiger partial charge in [-0.25, -0.2) is 14.8 Å². The van der Waals surface area contributed by atoms with Crippen LogP contribution in [0.4, 0.5) is 13.2 Å². The Morgan fingerprint density at radius 3 is 2.68 bits per heavy atom. The van der Waals surface area contributed by atoms with Gasteiger partial charge in [-0.3, -0.25) is 0 Å². The van der Waals surface area contributed by atoms with Crippen LogP contribution in [-0.2, 0) is 6.18 Å². The van der Waals surface area contributed by atoms with E-state index < -0.39 is 17.7 Å². The average molecular weight is 307 g/mol. The highest BCUT2D eigenvalue weighted by atomic mass is 19.4. The molecule has 3 rings (SSSR count). The van der Waals surface area contributed by atoms with E-state index in [1.165, 1.54) is 29.0 Å². The minimum absolute atomic E-state index is 0.0185. The molecule has 0 spiro atoms. The van der Waals surface area contributed by atoms with E-state index in [1.54, 1.807) is 6.07 Å². The number of carbonyl (C=O) groups is 1. The van der Waals surface area contributed by atoms with Gasteiger partial charge in [0.15, 0.2) is 5.82 Å². The number of fused-ring (bicyclic) bond motifs is 1. The number of carboxylic acid groups (broad SMARTS) is 1. The first-order chi connectivity index (χ1) is 10.4. The zero-order valence-electron chi connectivity index (χ0n) is 10.9. The Morgan fingerprint density at radius 1 is 1.23 bits per heavy atom. The zero-order chi connectivity index (χ0) is 15.9. The van der Waals surface area contributed by atoms with Crippen LogP contribution >= 0.6 is 0 Å². The summed E-state index contributed by atoms with van der Waals surface area (Å²) in [4.78, 5) is 18.1. The van der Waals surface area contributed by atoms with E-state index in [0.29, 0.717) is 17.1 Å². The highest BCUT2D eigenvalue weighted by Crippen LogP contribution is 2.33. The second kappa shape index (κ2) is 4.83. The smallest absolute Gasteiger partial charge is 0.421 e. The van der Waals surface area contributed by atoms with Crippen molar-refractivity contribution in [3.05, 3.63) is 54.1 Å². The fourth-order valence-corrected chi connectivity index (χ4v) is 2.16. The van der Waals surface area contributed by atoms with E-state index in [2.05, 4.69) is 9.97 Å². The van der Waals surface area contributed by atoms with Crippen molar-refractivity contribution in [1.29, 1.82) is 0 Å². The van der Waals surface area contributed by atoms with Crippen LogP contribution in [-0.4, -0.2) is 25.6 Å². The van der Waals surface area contributed by atoms with Gasteiger partial charge in [-0.2, -0.15) is 13.2 Å². The molecule has 22 heavy (non-hydrogen) atoms. The fraction of sp³-hybridized carbons (Fsp3) is 0.0714. The molecule has 112 valence electrons. The summed E-state index contributed by atoms with van der Waals surface area (Å²) in [5, 5.41) is 9.62. The molecule has 0 radical (unpaired) electrons. The zero-order valence-corrected chi connectivity index (χ0v) is 10.9. The lowest BCUT2D eigenvalue weighted by Gasteiger charge is -2.12. The third-order valence-corrected chi connectivity index (χ3v) is 3.16. The van der Waals surface area contributed by atoms with Gasteiger partial charge in [0, 0.05) is 17.8 Å². The molecule has 0 saturated heterocycles. The van der Waals surface area contributed by atoms with Crippen LogP contribution in [0.2, 0.25) is 0 Å². The van der Waals surface area contributed by atoms with Gasteiger partial charge in [0.2, 0.25) is 0 Å². The van der Waals surface area contributed by atoms with Crippen molar-refractivity contribution in [1.82, 2.24) is 14.5 Å². The van der Waals surface area contributed by atoms with E-state index in [-0.39, 0.29) is 11.4 Å². The molecule has 0 aliphatic rings. The lowest BCUT2D eigenvalue weighted by Crippen LogP contribution is -2.12. The van der Waals surface area contributed by atoms with E-state index in [1.807, 2.05) is 0 Å². The molecule has 0 atom stereocenters. The number of hydrogen-bond donors (Lipinski definition) is 1. The molecule has 1 aromatic carbocycles. The molecule has 0 saturated carbocycles. The highest BCUT2D eigenvalue weighted by molar-refractivity contribution is 5.94. The maximum absolute atomic E-state index is 13.1. The van der Waals surface area contributed by atoms with Crippen molar-refractivity contribution in [3.63, 3.8) is 0 Å². The molecule has 1 N–H and O–H groups in total. The van der Waals surface area contributed by atoms with Crippen molar-refractivity contribution in [2.75, 3.05) is 0 Å². The minimum atomic E-state index is -4.61. The monoisotopic (exact) mass is 307 g/mol. The molecule has 0 fully saturated rings. The molecule has 0 bridgehead atoms. The van der Waals surface area contributed by atoms with Crippen LogP contribution in [0.1, 0.15) is 15.9 Å². The lowest BCUT2D eigenvalue weighted by atomic mass is 10.1. The molecule has 0 amide bonds. The van der Waals surface area contributed by atoms with Gasteiger partial charge < -0.3 is 9.67 Å². The number of halogens is 3. The van der Waals surface area contributed by atoms with E-state index in [0.717, 1.165) is 6.33 Å². The van der Waals surface area contributed by atoms with Gasteiger partial charge in [0.1, 0.15) is 11.9 Å². The van der Waals surface area contributed by atoms with Crippen molar-refractivity contribution in [3.8, 4) is 5.82 Å². The van der Waals surface area contributed by atoms with Gasteiger partial charge in [-0.05, 0) is 18.2 Å². The van der Waals surface area contributed by atoms with Gasteiger partial charge in [-0.1, -0.05) is 6.07 Å². The first kappa shape index (κ1) is 14.1. The Hall–Kier alpha value is -2.90. The number of benzene rings is 1. The molecule has 2 aromatic heterocycles. The Bertz CT molecular complexity index is 871. The fourth-order valence-electron chi connectivity index (χ4n) is 2.16. The van der Waals surface area contributed by atoms with Crippen LogP contribution < -0.4 is 0 Å². The summed E-state index contributed by atoms with van der Waals surface area (Å²) in [5.41, 5.74) is -0.688. The third kappa shape index (κ3) is 2.28. The summed E-state index contributed by atoms with van der Waals surface area (Å²) in [7, 11) is 0. The predicted molar refractivity (Wildman–Crippen MR) is 70.8 cm³/mol. The van der Waals surface area contributed by atoms with Gasteiger partial charge in [-0.15, -0.1) is 0 Å². The Labute approximate surface area is 121 Å². The number of carboxylic acids is 1. The second-order valence-electron chi connectivity index (χ2n) is 4.52. The highest BCUT2D eigenvalue weighted by Gasteiger charge is 2.35. The number of aromatic nitrogens is 3. The molecule has 0 aliphatic carbocycles. The van der Waals surface area contributed by atoms with Gasteiger partial charge in [0.25, 0.3) is 0 Å².